The number of hydrogen-bond donors (Lipinski definition) is 4. The van der Waals surface area contributed by atoms with Crippen molar-refractivity contribution < 1.29 is 19.1 Å². The van der Waals surface area contributed by atoms with Crippen LogP contribution in [0.15, 0.2) is 103 Å². The van der Waals surface area contributed by atoms with Crippen molar-refractivity contribution in [2.45, 2.75) is 62.6 Å². The first kappa shape index (κ1) is 36.8. The van der Waals surface area contributed by atoms with Crippen LogP contribution in [0.4, 0.5) is 0 Å². The quantitative estimate of drug-likeness (QED) is 0.0878. The van der Waals surface area contributed by atoms with Gasteiger partial charge in [0.25, 0.3) is 11.8 Å². The van der Waals surface area contributed by atoms with Crippen LogP contribution < -0.4 is 30.7 Å². The number of amides is 2. The molecule has 10 nitrogen and oxygen atoms in total. The lowest BCUT2D eigenvalue weighted by Crippen LogP contribution is -2.46. The predicted octanol–water partition coefficient (Wildman–Crippen LogP) is 6.97. The second-order valence-electron chi connectivity index (χ2n) is 15.9. The highest BCUT2D eigenvalue weighted by Gasteiger charge is 2.59. The molecule has 3 heterocycles. The molecule has 0 bridgehead atoms. The molecule has 0 radical (unpaired) electrons. The van der Waals surface area contributed by atoms with Crippen molar-refractivity contribution in [1.82, 2.24) is 31.2 Å². The fourth-order valence-corrected chi connectivity index (χ4v) is 8.37. The van der Waals surface area contributed by atoms with Crippen LogP contribution in [0.3, 0.4) is 0 Å². The number of fused-ring (bicyclic) bond motifs is 2. The SMILES string of the molecule is CNCCOc1ccc(C)c(C(=O)NC2(c3cccc4nc(C5CC5(NC(=O)c5cc(OC[C@@H]6CCN6)ccc5C)c5cccc6ncccc56)ccc34)CC2)c1. The average molecular weight is 761 g/mol. The lowest BCUT2D eigenvalue weighted by Gasteiger charge is -2.27. The maximum absolute atomic E-state index is 14.4. The van der Waals surface area contributed by atoms with Crippen LogP contribution in [0.5, 0.6) is 11.5 Å². The van der Waals surface area contributed by atoms with Gasteiger partial charge in [0.2, 0.25) is 0 Å². The number of hydrogen-bond acceptors (Lipinski definition) is 8. The first-order valence-electron chi connectivity index (χ1n) is 20.0. The average Bonchev–Trinajstić information content (AvgIpc) is 4.14. The van der Waals surface area contributed by atoms with Crippen molar-refractivity contribution in [3.8, 4) is 11.5 Å². The minimum atomic E-state index is -0.702. The summed E-state index contributed by atoms with van der Waals surface area (Å²) < 4.78 is 12.0. The number of nitrogens with one attached hydrogen (secondary N) is 4. The molecule has 3 fully saturated rings. The third-order valence-corrected chi connectivity index (χ3v) is 12.1. The minimum absolute atomic E-state index is 0.0788. The monoisotopic (exact) mass is 760 g/mol. The van der Waals surface area contributed by atoms with Gasteiger partial charge in [0.05, 0.1) is 22.1 Å². The molecule has 290 valence electrons. The number of carbonyl (C=O) groups excluding carboxylic acids is 2. The lowest BCUT2D eigenvalue weighted by atomic mass is 9.94. The molecule has 2 unspecified atom stereocenters. The molecule has 9 rings (SSSR count). The lowest BCUT2D eigenvalue weighted by molar-refractivity contribution is 0.0920. The minimum Gasteiger partial charge on any atom is -0.492 e. The topological polar surface area (TPSA) is 126 Å². The largest absolute Gasteiger partial charge is 0.492 e. The molecule has 4 aromatic carbocycles. The molecule has 3 aliphatic rings. The van der Waals surface area contributed by atoms with Gasteiger partial charge in [0, 0.05) is 52.3 Å². The third-order valence-electron chi connectivity index (χ3n) is 12.1. The number of likely N-dealkylation sites (N-methyl/N-ethyl adjacent to an activating group) is 1. The fraction of sp³-hybridized carbons (Fsp3) is 0.319. The highest BCUT2D eigenvalue weighted by molar-refractivity contribution is 5.99. The van der Waals surface area contributed by atoms with Gasteiger partial charge in [-0.15, -0.1) is 0 Å². The van der Waals surface area contributed by atoms with Gasteiger partial charge in [-0.3, -0.25) is 19.6 Å². The number of nitrogens with zero attached hydrogens (tertiary/aromatic N) is 2. The van der Waals surface area contributed by atoms with Crippen LogP contribution in [0.2, 0.25) is 0 Å². The van der Waals surface area contributed by atoms with Gasteiger partial charge in [0.15, 0.2) is 0 Å². The van der Waals surface area contributed by atoms with E-state index >= 15 is 0 Å². The van der Waals surface area contributed by atoms with Crippen LogP contribution in [0.25, 0.3) is 21.8 Å². The summed E-state index contributed by atoms with van der Waals surface area (Å²) in [5.74, 6) is 1.02. The Morgan fingerprint density at radius 1 is 0.789 bits per heavy atom. The Balaban J connectivity index is 1.01. The van der Waals surface area contributed by atoms with Gasteiger partial charge >= 0.3 is 0 Å². The molecular weight excluding hydrogens is 713 g/mol. The molecule has 2 amide bonds. The van der Waals surface area contributed by atoms with Crippen molar-refractivity contribution in [2.24, 2.45) is 0 Å². The van der Waals surface area contributed by atoms with Crippen LogP contribution in [0, 0.1) is 13.8 Å². The van der Waals surface area contributed by atoms with E-state index in [9.17, 15) is 9.59 Å². The van der Waals surface area contributed by atoms with E-state index in [0.29, 0.717) is 48.3 Å². The molecule has 2 saturated carbocycles. The molecule has 2 aromatic heterocycles. The van der Waals surface area contributed by atoms with Crippen molar-refractivity contribution in [3.63, 3.8) is 0 Å². The summed E-state index contributed by atoms with van der Waals surface area (Å²) in [6.07, 6.45) is 5.25. The zero-order chi connectivity index (χ0) is 39.1. The number of pyridine rings is 2. The fourth-order valence-electron chi connectivity index (χ4n) is 8.37. The first-order valence-corrected chi connectivity index (χ1v) is 20.0. The van der Waals surface area contributed by atoms with E-state index in [4.69, 9.17) is 14.5 Å². The Morgan fingerprint density at radius 3 is 2.18 bits per heavy atom. The van der Waals surface area contributed by atoms with E-state index in [1.807, 2.05) is 87.6 Å². The summed E-state index contributed by atoms with van der Waals surface area (Å²) in [6, 6.07) is 32.3. The summed E-state index contributed by atoms with van der Waals surface area (Å²) in [4.78, 5) is 38.1. The second kappa shape index (κ2) is 14.9. The van der Waals surface area contributed by atoms with E-state index in [1.54, 1.807) is 6.20 Å². The highest BCUT2D eigenvalue weighted by Crippen LogP contribution is 2.60. The maximum Gasteiger partial charge on any atom is 0.252 e. The number of rotatable bonds is 14. The molecule has 3 atom stereocenters. The normalized spacial score (nSPS) is 20.4. The molecule has 10 heteroatoms. The van der Waals surface area contributed by atoms with Crippen LogP contribution in [-0.4, -0.2) is 61.2 Å². The van der Waals surface area contributed by atoms with Gasteiger partial charge in [-0.1, -0.05) is 48.5 Å². The Bertz CT molecular complexity index is 2510. The van der Waals surface area contributed by atoms with Gasteiger partial charge in [0.1, 0.15) is 24.7 Å². The van der Waals surface area contributed by atoms with Crippen molar-refractivity contribution >= 4 is 33.6 Å². The van der Waals surface area contributed by atoms with Gasteiger partial charge < -0.3 is 30.7 Å². The molecule has 2 aliphatic carbocycles. The smallest absolute Gasteiger partial charge is 0.252 e. The first-order chi connectivity index (χ1) is 27.8. The molecule has 1 saturated heterocycles. The van der Waals surface area contributed by atoms with E-state index in [2.05, 4.69) is 56.6 Å². The van der Waals surface area contributed by atoms with Crippen LogP contribution in [-0.2, 0) is 11.1 Å². The van der Waals surface area contributed by atoms with Gasteiger partial charge in [-0.05, 0) is 124 Å². The predicted molar refractivity (Wildman–Crippen MR) is 222 cm³/mol. The van der Waals surface area contributed by atoms with E-state index in [0.717, 1.165) is 82.1 Å². The summed E-state index contributed by atoms with van der Waals surface area (Å²) in [5, 5.41) is 15.4. The molecule has 0 spiro atoms. The number of aryl methyl sites for hydroxylation is 2. The van der Waals surface area contributed by atoms with E-state index in [1.165, 1.54) is 0 Å². The standard InChI is InChI=1S/C47H48N6O4/c1-29-12-14-32(56-24-23-48-3)25-36(29)44(54)52-46(19-20-46)38-8-4-11-42-35(38)16-17-43(51-42)40-27-47(40,39-9-5-10-41-34(39)7-6-21-50-41)53-45(55)37-26-33(15-13-30(37)2)57-28-31-18-22-49-31/h4-17,21,25-26,31,40,48-49H,18-20,22-24,27-28H2,1-3H3,(H,52,54)(H,53,55)/t31-,40?,47?/m0/s1. The summed E-state index contributed by atoms with van der Waals surface area (Å²) in [7, 11) is 1.88. The number of benzene rings is 4. The molecule has 4 N–H and O–H groups in total. The number of ether oxygens (including phenoxy) is 2. The van der Waals surface area contributed by atoms with E-state index in [-0.39, 0.29) is 17.7 Å². The maximum atomic E-state index is 14.4. The molecular formula is C47H48N6O4. The third kappa shape index (κ3) is 7.08. The van der Waals surface area contributed by atoms with Crippen LogP contribution in [0.1, 0.15) is 80.3 Å². The van der Waals surface area contributed by atoms with Crippen molar-refractivity contribution in [2.75, 3.05) is 33.4 Å². The van der Waals surface area contributed by atoms with Crippen LogP contribution >= 0.6 is 0 Å². The van der Waals surface area contributed by atoms with Gasteiger partial charge in [-0.2, -0.15) is 0 Å². The second-order valence-corrected chi connectivity index (χ2v) is 15.9. The van der Waals surface area contributed by atoms with Crippen molar-refractivity contribution in [1.29, 1.82) is 0 Å². The zero-order valence-electron chi connectivity index (χ0n) is 32.7. The Kier molecular flexibility index (Phi) is 9.62. The summed E-state index contributed by atoms with van der Waals surface area (Å²) in [6.45, 7) is 6.73. The van der Waals surface area contributed by atoms with Crippen molar-refractivity contribution in [3.05, 3.63) is 142 Å². The molecule has 6 aromatic rings. The summed E-state index contributed by atoms with van der Waals surface area (Å²) >= 11 is 0. The zero-order valence-corrected chi connectivity index (χ0v) is 32.7. The van der Waals surface area contributed by atoms with Gasteiger partial charge in [-0.25, -0.2) is 0 Å². The Hall–Kier alpha value is -5.84. The Morgan fingerprint density at radius 2 is 1.47 bits per heavy atom. The highest BCUT2D eigenvalue weighted by atomic mass is 16.5. The number of carbonyl (C=O) groups is 2. The summed E-state index contributed by atoms with van der Waals surface area (Å²) in [5.41, 5.74) is 6.52. The molecule has 1 aliphatic heterocycles. The number of aromatic nitrogens is 2. The van der Waals surface area contributed by atoms with E-state index < -0.39 is 11.1 Å². The molecule has 57 heavy (non-hydrogen) atoms. The Labute approximate surface area is 332 Å².